The Morgan fingerprint density at radius 3 is 2.65 bits per heavy atom. The number of likely N-dealkylation sites (tertiary alicyclic amines) is 1. The first-order valence-corrected chi connectivity index (χ1v) is 6.49. The van der Waals surface area contributed by atoms with Gasteiger partial charge in [0.15, 0.2) is 0 Å². The topological polar surface area (TPSA) is 23.5 Å². The predicted octanol–water partition coefficient (Wildman–Crippen LogP) is 2.53. The van der Waals surface area contributed by atoms with Gasteiger partial charge in [0, 0.05) is 19.7 Å². The van der Waals surface area contributed by atoms with E-state index in [0.29, 0.717) is 12.5 Å². The van der Waals surface area contributed by atoms with Crippen molar-refractivity contribution in [3.05, 3.63) is 35.9 Å². The third kappa shape index (κ3) is 3.08. The highest BCUT2D eigenvalue weighted by molar-refractivity contribution is 5.14. The number of nitrogens with zero attached hydrogens (tertiary/aromatic N) is 1. The lowest BCUT2D eigenvalue weighted by molar-refractivity contribution is 0.0195. The molecule has 0 radical (unpaired) electrons. The van der Waals surface area contributed by atoms with Crippen LogP contribution in [0, 0.1) is 11.3 Å². The van der Waals surface area contributed by atoms with E-state index in [9.17, 15) is 5.11 Å². The number of piperidine rings is 1. The van der Waals surface area contributed by atoms with Crippen molar-refractivity contribution in [2.45, 2.75) is 26.8 Å². The molecule has 2 rings (SSSR count). The first-order chi connectivity index (χ1) is 8.12. The monoisotopic (exact) mass is 233 g/mol. The van der Waals surface area contributed by atoms with E-state index in [-0.39, 0.29) is 5.41 Å². The lowest BCUT2D eigenvalue weighted by Gasteiger charge is -2.43. The van der Waals surface area contributed by atoms with Gasteiger partial charge in [0.05, 0.1) is 0 Å². The number of rotatable bonds is 3. The lowest BCUT2D eigenvalue weighted by atomic mass is 9.73. The second-order valence-corrected chi connectivity index (χ2v) is 5.84. The summed E-state index contributed by atoms with van der Waals surface area (Å²) in [7, 11) is 0. The largest absolute Gasteiger partial charge is 0.396 e. The molecule has 1 saturated heterocycles. The fraction of sp³-hybridized carbons (Fsp3) is 0.600. The smallest absolute Gasteiger partial charge is 0.0476 e. The summed E-state index contributed by atoms with van der Waals surface area (Å²) in [5, 5.41) is 9.48. The molecule has 1 fully saturated rings. The highest BCUT2D eigenvalue weighted by Gasteiger charge is 2.34. The first kappa shape index (κ1) is 12.6. The Balaban J connectivity index is 1.96. The molecule has 1 aromatic carbocycles. The molecule has 1 atom stereocenters. The van der Waals surface area contributed by atoms with Gasteiger partial charge >= 0.3 is 0 Å². The molecular formula is C15H23NO. The van der Waals surface area contributed by atoms with Crippen molar-refractivity contribution in [3.63, 3.8) is 0 Å². The van der Waals surface area contributed by atoms with E-state index in [1.165, 1.54) is 12.0 Å². The second-order valence-electron chi connectivity index (χ2n) is 5.84. The van der Waals surface area contributed by atoms with Crippen LogP contribution in [-0.2, 0) is 6.54 Å². The molecule has 0 amide bonds. The summed E-state index contributed by atoms with van der Waals surface area (Å²) in [5.41, 5.74) is 1.64. The van der Waals surface area contributed by atoms with Crippen LogP contribution in [0.25, 0.3) is 0 Å². The molecule has 1 aromatic rings. The summed E-state index contributed by atoms with van der Waals surface area (Å²) in [6, 6.07) is 10.6. The van der Waals surface area contributed by atoms with Crippen LogP contribution in [0.5, 0.6) is 0 Å². The average molecular weight is 233 g/mol. The summed E-state index contributed by atoms with van der Waals surface area (Å²) >= 11 is 0. The van der Waals surface area contributed by atoms with Gasteiger partial charge in [-0.1, -0.05) is 44.2 Å². The molecule has 1 aliphatic heterocycles. The van der Waals surface area contributed by atoms with Crippen LogP contribution >= 0.6 is 0 Å². The minimum Gasteiger partial charge on any atom is -0.396 e. The molecule has 1 heterocycles. The third-order valence-corrected chi connectivity index (χ3v) is 4.13. The van der Waals surface area contributed by atoms with E-state index in [0.717, 1.165) is 19.6 Å². The zero-order valence-corrected chi connectivity index (χ0v) is 10.9. The van der Waals surface area contributed by atoms with Crippen molar-refractivity contribution in [1.82, 2.24) is 4.90 Å². The molecule has 2 heteroatoms. The van der Waals surface area contributed by atoms with Gasteiger partial charge in [-0.05, 0) is 29.9 Å². The molecule has 0 aliphatic carbocycles. The number of hydrogen-bond donors (Lipinski definition) is 1. The van der Waals surface area contributed by atoms with Gasteiger partial charge in [0.2, 0.25) is 0 Å². The van der Waals surface area contributed by atoms with Crippen molar-refractivity contribution in [2.24, 2.45) is 11.3 Å². The van der Waals surface area contributed by atoms with Crippen molar-refractivity contribution >= 4 is 0 Å². The maximum Gasteiger partial charge on any atom is 0.0476 e. The van der Waals surface area contributed by atoms with Crippen LogP contribution < -0.4 is 0 Å². The number of hydrogen-bond acceptors (Lipinski definition) is 2. The molecule has 1 N–H and O–H groups in total. The number of benzene rings is 1. The molecule has 1 aliphatic rings. The Bertz CT molecular complexity index is 347. The van der Waals surface area contributed by atoms with Crippen LogP contribution in [0.3, 0.4) is 0 Å². The van der Waals surface area contributed by atoms with Crippen LogP contribution in [0.15, 0.2) is 30.3 Å². The molecule has 17 heavy (non-hydrogen) atoms. The highest BCUT2D eigenvalue weighted by Crippen LogP contribution is 2.35. The van der Waals surface area contributed by atoms with Crippen molar-refractivity contribution < 1.29 is 5.11 Å². The fourth-order valence-electron chi connectivity index (χ4n) is 2.59. The normalized spacial score (nSPS) is 24.8. The SMILES string of the molecule is CC1(C)CCN(Cc2ccccc2)CC1CO. The molecular weight excluding hydrogens is 210 g/mol. The van der Waals surface area contributed by atoms with Crippen LogP contribution in [-0.4, -0.2) is 29.7 Å². The van der Waals surface area contributed by atoms with Crippen molar-refractivity contribution in [3.8, 4) is 0 Å². The van der Waals surface area contributed by atoms with Crippen LogP contribution in [0.2, 0.25) is 0 Å². The predicted molar refractivity (Wildman–Crippen MR) is 70.7 cm³/mol. The summed E-state index contributed by atoms with van der Waals surface area (Å²) in [4.78, 5) is 2.46. The molecule has 0 bridgehead atoms. The quantitative estimate of drug-likeness (QED) is 0.867. The minimum atomic E-state index is 0.280. The first-order valence-electron chi connectivity index (χ1n) is 6.49. The minimum absolute atomic E-state index is 0.280. The highest BCUT2D eigenvalue weighted by atomic mass is 16.3. The Kier molecular flexibility index (Phi) is 3.85. The van der Waals surface area contributed by atoms with Gasteiger partial charge in [-0.2, -0.15) is 0 Å². The van der Waals surface area contributed by atoms with Crippen LogP contribution in [0.1, 0.15) is 25.8 Å². The third-order valence-electron chi connectivity index (χ3n) is 4.13. The average Bonchev–Trinajstić information content (AvgIpc) is 2.33. The lowest BCUT2D eigenvalue weighted by Crippen LogP contribution is -2.45. The zero-order valence-electron chi connectivity index (χ0n) is 10.9. The standard InChI is InChI=1S/C15H23NO/c1-15(2)8-9-16(11-14(15)12-17)10-13-6-4-3-5-7-13/h3-7,14,17H,8-12H2,1-2H3. The fourth-order valence-corrected chi connectivity index (χ4v) is 2.59. The van der Waals surface area contributed by atoms with Crippen LogP contribution in [0.4, 0.5) is 0 Å². The molecule has 0 saturated carbocycles. The Morgan fingerprint density at radius 1 is 1.29 bits per heavy atom. The van der Waals surface area contributed by atoms with E-state index in [2.05, 4.69) is 49.1 Å². The van der Waals surface area contributed by atoms with Gasteiger partial charge < -0.3 is 5.11 Å². The summed E-state index contributed by atoms with van der Waals surface area (Å²) in [5.74, 6) is 0.403. The molecule has 94 valence electrons. The van der Waals surface area contributed by atoms with Gasteiger partial charge in [-0.25, -0.2) is 0 Å². The Morgan fingerprint density at radius 2 is 2.00 bits per heavy atom. The molecule has 1 unspecified atom stereocenters. The Labute approximate surface area is 104 Å². The Hall–Kier alpha value is -0.860. The van der Waals surface area contributed by atoms with E-state index < -0.39 is 0 Å². The van der Waals surface area contributed by atoms with Gasteiger partial charge in [0.1, 0.15) is 0 Å². The summed E-state index contributed by atoms with van der Waals surface area (Å²) in [6.45, 7) is 8.00. The van der Waals surface area contributed by atoms with E-state index in [1.54, 1.807) is 0 Å². The molecule has 0 spiro atoms. The summed E-state index contributed by atoms with van der Waals surface area (Å²) in [6.07, 6.45) is 1.17. The summed E-state index contributed by atoms with van der Waals surface area (Å²) < 4.78 is 0. The zero-order chi connectivity index (χ0) is 12.3. The number of aliphatic hydroxyl groups is 1. The van der Waals surface area contributed by atoms with Gasteiger partial charge in [-0.15, -0.1) is 0 Å². The van der Waals surface area contributed by atoms with E-state index in [4.69, 9.17) is 0 Å². The maximum absolute atomic E-state index is 9.48. The van der Waals surface area contributed by atoms with Gasteiger partial charge in [0.25, 0.3) is 0 Å². The van der Waals surface area contributed by atoms with E-state index in [1.807, 2.05) is 0 Å². The van der Waals surface area contributed by atoms with Crippen molar-refractivity contribution in [1.29, 1.82) is 0 Å². The van der Waals surface area contributed by atoms with Crippen molar-refractivity contribution in [2.75, 3.05) is 19.7 Å². The van der Waals surface area contributed by atoms with Gasteiger partial charge in [-0.3, -0.25) is 4.90 Å². The second kappa shape index (κ2) is 5.19. The number of aliphatic hydroxyl groups excluding tert-OH is 1. The molecule has 0 aromatic heterocycles. The molecule has 2 nitrogen and oxygen atoms in total. The maximum atomic E-state index is 9.48. The van der Waals surface area contributed by atoms with E-state index >= 15 is 0 Å².